The van der Waals surface area contributed by atoms with Gasteiger partial charge in [-0.05, 0) is 13.0 Å². The van der Waals surface area contributed by atoms with Gasteiger partial charge in [-0.2, -0.15) is 0 Å². The Morgan fingerprint density at radius 1 is 1.53 bits per heavy atom. The third kappa shape index (κ3) is 3.64. The van der Waals surface area contributed by atoms with Crippen molar-refractivity contribution < 1.29 is 46.4 Å². The summed E-state index contributed by atoms with van der Waals surface area (Å²) in [4.78, 5) is 12.5. The number of amides is 1. The summed E-state index contributed by atoms with van der Waals surface area (Å²) >= 11 is 0. The molecule has 3 heterocycles. The molecule has 0 radical (unpaired) electrons. The summed E-state index contributed by atoms with van der Waals surface area (Å²) in [6.45, 7) is 0.790. The van der Waals surface area contributed by atoms with Crippen molar-refractivity contribution >= 4 is 13.7 Å². The quantitative estimate of drug-likeness (QED) is 0.587. The number of hydrogen-bond donors (Lipinski definition) is 3. The molecule has 5 atom stereocenters. The Morgan fingerprint density at radius 3 is 3.03 bits per heavy atom. The minimum Gasteiger partial charge on any atom is -0.404 e. The van der Waals surface area contributed by atoms with Crippen molar-refractivity contribution in [2.45, 2.75) is 37.8 Å². The van der Waals surface area contributed by atoms with Crippen LogP contribution >= 0.6 is 7.82 Å². The molecule has 3 aliphatic heterocycles. The molecule has 12 heteroatoms. The molecule has 162 valence electrons. The summed E-state index contributed by atoms with van der Waals surface area (Å²) in [7, 11) is -4.76. The third-order valence-electron chi connectivity index (χ3n) is 4.51. The molecule has 0 aromatic heterocycles. The van der Waals surface area contributed by atoms with E-state index < -0.39 is 44.6 Å². The van der Waals surface area contributed by atoms with Gasteiger partial charge in [-0.3, -0.25) is 13.8 Å². The molecule has 0 aliphatic carbocycles. The van der Waals surface area contributed by atoms with Gasteiger partial charge < -0.3 is 29.7 Å². The second-order valence-corrected chi connectivity index (χ2v) is 8.19. The first-order valence-electron chi connectivity index (χ1n) is 10.2. The Bertz CT molecular complexity index is 1110. The van der Waals surface area contributed by atoms with Crippen molar-refractivity contribution in [1.82, 2.24) is 10.2 Å². The Balaban J connectivity index is 1.63. The van der Waals surface area contributed by atoms with Crippen LogP contribution in [0.25, 0.3) is 0 Å². The Morgan fingerprint density at radius 2 is 2.27 bits per heavy atom. The fourth-order valence-corrected chi connectivity index (χ4v) is 3.97. The normalized spacial score (nSPS) is 40.5. The van der Waals surface area contributed by atoms with Gasteiger partial charge in [0.2, 0.25) is 0 Å². The first kappa shape index (κ1) is 17.4. The molecular weight excluding hydrogens is 422 g/mol. The molecule has 30 heavy (non-hydrogen) atoms. The van der Waals surface area contributed by atoms with E-state index in [1.54, 1.807) is 18.2 Å². The summed E-state index contributed by atoms with van der Waals surface area (Å²) in [5.74, 6) is -4.76. The first-order chi connectivity index (χ1) is 15.2. The van der Waals surface area contributed by atoms with Gasteiger partial charge >= 0.3 is 7.82 Å². The lowest BCUT2D eigenvalue weighted by molar-refractivity contribution is -0.208. The molecular formula is C18H20FN2O8P. The van der Waals surface area contributed by atoms with E-state index >= 15 is 4.39 Å². The van der Waals surface area contributed by atoms with Gasteiger partial charge in [-0.25, -0.2) is 8.96 Å². The van der Waals surface area contributed by atoms with Crippen LogP contribution in [0.2, 0.25) is 0 Å². The number of hydrogen-bond acceptors (Lipinski definition) is 9. The molecule has 1 aromatic carbocycles. The standard InChI is InChI=1S/C18H20FN2O8P/c1-10-7-21(11(2)20-16(10)24)17-14(22)15(23)18(19,28-17)9-27-30(25)26-8-12-5-3-4-6-13(12)29-30/h3-7,14-15,17,22-23H,2,8-9H2,1H3,(H,20,24)/t14-,15+,17-,18-,30?/m1/s1/i9D2,17D. The van der Waals surface area contributed by atoms with Crippen molar-refractivity contribution in [3.05, 3.63) is 54.0 Å². The Hall–Kier alpha value is -2.27. The maximum atomic E-state index is 15.9. The highest BCUT2D eigenvalue weighted by Crippen LogP contribution is 2.55. The topological polar surface area (TPSA) is 127 Å². The van der Waals surface area contributed by atoms with E-state index in [9.17, 15) is 19.6 Å². The highest BCUT2D eigenvalue weighted by Gasteiger charge is 2.58. The fraction of sp³-hybridized carbons (Fsp3) is 0.389. The number of aliphatic hydroxyl groups is 2. The van der Waals surface area contributed by atoms with E-state index in [0.29, 0.717) is 10.5 Å². The van der Waals surface area contributed by atoms with Crippen LogP contribution in [-0.4, -0.2) is 51.8 Å². The molecule has 3 N–H and O–H groups in total. The maximum absolute atomic E-state index is 15.9. The molecule has 0 spiro atoms. The van der Waals surface area contributed by atoms with E-state index in [2.05, 4.69) is 11.9 Å². The molecule has 3 aliphatic rings. The molecule has 4 rings (SSSR count). The highest BCUT2D eigenvalue weighted by molar-refractivity contribution is 7.49. The number of aliphatic hydroxyl groups excluding tert-OH is 2. The predicted octanol–water partition coefficient (Wildman–Crippen LogP) is 1.27. The number of carbonyl (C=O) groups excluding carboxylic acids is 1. The summed E-state index contributed by atoms with van der Waals surface area (Å²) in [5, 5.41) is 23.1. The van der Waals surface area contributed by atoms with Crippen molar-refractivity contribution in [2.75, 3.05) is 6.56 Å². The van der Waals surface area contributed by atoms with E-state index in [4.69, 9.17) is 22.4 Å². The number of carbonyl (C=O) groups is 1. The Kier molecular flexibility index (Phi) is 4.33. The van der Waals surface area contributed by atoms with Crippen LogP contribution in [0, 0.1) is 0 Å². The monoisotopic (exact) mass is 445 g/mol. The van der Waals surface area contributed by atoms with Crippen molar-refractivity contribution in [3.8, 4) is 5.75 Å². The zero-order chi connectivity index (χ0) is 24.4. The van der Waals surface area contributed by atoms with Crippen LogP contribution in [-0.2, 0) is 29.8 Å². The van der Waals surface area contributed by atoms with E-state index in [-0.39, 0.29) is 23.8 Å². The van der Waals surface area contributed by atoms with Crippen molar-refractivity contribution in [2.24, 2.45) is 0 Å². The van der Waals surface area contributed by atoms with Crippen molar-refractivity contribution in [3.63, 3.8) is 0 Å². The molecule has 1 fully saturated rings. The third-order valence-corrected chi connectivity index (χ3v) is 5.69. The second-order valence-electron chi connectivity index (χ2n) is 6.67. The highest BCUT2D eigenvalue weighted by atomic mass is 31.2. The van der Waals surface area contributed by atoms with Gasteiger partial charge in [-0.1, -0.05) is 24.8 Å². The number of ether oxygens (including phenoxy) is 1. The van der Waals surface area contributed by atoms with Crippen LogP contribution < -0.4 is 9.84 Å². The van der Waals surface area contributed by atoms with Gasteiger partial charge in [0.05, 0.1) is 10.7 Å². The van der Waals surface area contributed by atoms with Gasteiger partial charge in [0.15, 0.2) is 6.20 Å². The van der Waals surface area contributed by atoms with Crippen LogP contribution in [0.3, 0.4) is 0 Å². The predicted molar refractivity (Wildman–Crippen MR) is 99.0 cm³/mol. The number of phosphoric ester groups is 1. The summed E-state index contributed by atoms with van der Waals surface area (Å²) in [6, 6.07) is 6.22. The lowest BCUT2D eigenvalue weighted by Gasteiger charge is -2.34. The largest absolute Gasteiger partial charge is 0.530 e. The zero-order valence-electron chi connectivity index (χ0n) is 18.6. The molecule has 1 aromatic rings. The lowest BCUT2D eigenvalue weighted by Crippen LogP contribution is -2.47. The number of fused-ring (bicyclic) bond motifs is 1. The number of benzene rings is 1. The molecule has 1 saturated heterocycles. The minimum atomic E-state index is -4.76. The number of nitrogens with zero attached hydrogens (tertiary/aromatic N) is 1. The van der Waals surface area contributed by atoms with Crippen LogP contribution in [0.1, 0.15) is 16.6 Å². The van der Waals surface area contributed by atoms with Gasteiger partial charge in [0.25, 0.3) is 11.8 Å². The molecule has 10 nitrogen and oxygen atoms in total. The summed E-state index contributed by atoms with van der Waals surface area (Å²) in [5.41, 5.74) is 0.510. The fourth-order valence-electron chi connectivity index (χ4n) is 2.87. The minimum absolute atomic E-state index is 0.0297. The van der Waals surface area contributed by atoms with E-state index in [1.807, 2.05) is 0 Å². The summed E-state index contributed by atoms with van der Waals surface area (Å²) < 4.78 is 73.0. The molecule has 0 saturated carbocycles. The second kappa shape index (κ2) is 7.45. The van der Waals surface area contributed by atoms with Crippen LogP contribution in [0.5, 0.6) is 5.75 Å². The van der Waals surface area contributed by atoms with Crippen LogP contribution in [0.15, 0.2) is 48.4 Å². The average Bonchev–Trinajstić information content (AvgIpc) is 2.91. The average molecular weight is 445 g/mol. The molecule has 1 unspecified atom stereocenters. The Labute approximate surface area is 175 Å². The SMILES string of the molecule is [2H]C([2H])(OP1(=O)OCc2ccccc2O1)[C@@]1(F)O[C@@]([2H])(N2C=C(C)C(=O)NC2=C)[C@H](O)[C@@H]1O. The summed E-state index contributed by atoms with van der Waals surface area (Å²) in [6.07, 6.45) is -6.98. The number of para-hydroxylation sites is 1. The van der Waals surface area contributed by atoms with Gasteiger partial charge in [0, 0.05) is 17.3 Å². The smallest absolute Gasteiger partial charge is 0.404 e. The molecule has 0 bridgehead atoms. The first-order valence-corrected chi connectivity index (χ1v) is 10.1. The number of halogens is 1. The number of rotatable bonds is 4. The maximum Gasteiger partial charge on any atom is 0.530 e. The number of alkyl halides is 1. The van der Waals surface area contributed by atoms with Crippen LogP contribution in [0.4, 0.5) is 4.39 Å². The lowest BCUT2D eigenvalue weighted by atomic mass is 10.1. The zero-order valence-corrected chi connectivity index (χ0v) is 16.5. The van der Waals surface area contributed by atoms with E-state index in [0.717, 1.165) is 6.20 Å². The number of nitrogens with one attached hydrogen (secondary N) is 1. The van der Waals surface area contributed by atoms with E-state index in [1.165, 1.54) is 13.0 Å². The van der Waals surface area contributed by atoms with Crippen molar-refractivity contribution in [1.29, 1.82) is 0 Å². The van der Waals surface area contributed by atoms with Gasteiger partial charge in [0.1, 0.15) is 30.3 Å². The molecule has 1 amide bonds. The van der Waals surface area contributed by atoms with Gasteiger partial charge in [-0.15, -0.1) is 0 Å². The number of phosphoric acid groups is 1.